The molecule has 0 atom stereocenters. The summed E-state index contributed by atoms with van der Waals surface area (Å²) in [4.78, 5) is 11.9. The molecular weight excluding hydrogens is 332 g/mol. The van der Waals surface area contributed by atoms with Gasteiger partial charge in [-0.2, -0.15) is 0 Å². The summed E-state index contributed by atoms with van der Waals surface area (Å²) in [5.74, 6) is -0.357. The normalized spacial score (nSPS) is 12.2. The van der Waals surface area contributed by atoms with Gasteiger partial charge in [0.25, 0.3) is 5.91 Å². The molecule has 0 spiro atoms. The van der Waals surface area contributed by atoms with Crippen LogP contribution in [0.2, 0.25) is 0 Å². The van der Waals surface area contributed by atoms with Gasteiger partial charge >= 0.3 is 0 Å². The van der Waals surface area contributed by atoms with Crippen LogP contribution in [0.5, 0.6) is 0 Å². The molecule has 0 radical (unpaired) electrons. The molecule has 0 aliphatic rings. The summed E-state index contributed by atoms with van der Waals surface area (Å²) >= 11 is 3.25. The first-order valence-corrected chi connectivity index (χ1v) is 8.25. The van der Waals surface area contributed by atoms with Gasteiger partial charge in [-0.25, -0.2) is 8.42 Å². The molecule has 19 heavy (non-hydrogen) atoms. The molecule has 106 valence electrons. The molecule has 7 heteroatoms. The molecule has 0 heterocycles. The molecule has 0 saturated heterocycles. The SMILES string of the molecule is CC(C)(CNC(=O)c1cc(N)cc(Br)c1)S(C)(=O)=O. The summed E-state index contributed by atoms with van der Waals surface area (Å²) in [6.07, 6.45) is 1.15. The van der Waals surface area contributed by atoms with Crippen molar-refractivity contribution in [2.45, 2.75) is 18.6 Å². The summed E-state index contributed by atoms with van der Waals surface area (Å²) in [6, 6.07) is 4.84. The van der Waals surface area contributed by atoms with Crippen LogP contribution in [0.25, 0.3) is 0 Å². The van der Waals surface area contributed by atoms with Gasteiger partial charge in [0.15, 0.2) is 9.84 Å². The average molecular weight is 349 g/mol. The first-order chi connectivity index (χ1) is 8.53. The Hall–Kier alpha value is -1.08. The lowest BCUT2D eigenvalue weighted by Crippen LogP contribution is -2.43. The largest absolute Gasteiger partial charge is 0.399 e. The molecule has 0 saturated carbocycles. The number of benzene rings is 1. The zero-order valence-corrected chi connectivity index (χ0v) is 13.4. The van der Waals surface area contributed by atoms with Crippen LogP contribution >= 0.6 is 15.9 Å². The molecule has 5 nitrogen and oxygen atoms in total. The zero-order chi connectivity index (χ0) is 14.8. The topological polar surface area (TPSA) is 89.3 Å². The fourth-order valence-corrected chi connectivity index (χ4v) is 2.12. The maximum Gasteiger partial charge on any atom is 0.251 e. The van der Waals surface area contributed by atoms with Gasteiger partial charge in [-0.1, -0.05) is 15.9 Å². The monoisotopic (exact) mass is 348 g/mol. The van der Waals surface area contributed by atoms with Crippen LogP contribution in [0.3, 0.4) is 0 Å². The average Bonchev–Trinajstić information content (AvgIpc) is 2.23. The maximum absolute atomic E-state index is 11.9. The number of nitrogens with one attached hydrogen (secondary N) is 1. The highest BCUT2D eigenvalue weighted by molar-refractivity contribution is 9.10. The van der Waals surface area contributed by atoms with Crippen molar-refractivity contribution < 1.29 is 13.2 Å². The molecule has 0 aliphatic carbocycles. The lowest BCUT2D eigenvalue weighted by molar-refractivity contribution is 0.0950. The van der Waals surface area contributed by atoms with Crippen LogP contribution in [0, 0.1) is 0 Å². The van der Waals surface area contributed by atoms with Crippen molar-refractivity contribution in [1.82, 2.24) is 5.32 Å². The number of carbonyl (C=O) groups is 1. The number of hydrogen-bond donors (Lipinski definition) is 2. The number of amides is 1. The quantitative estimate of drug-likeness (QED) is 0.808. The minimum atomic E-state index is -3.25. The summed E-state index contributed by atoms with van der Waals surface area (Å²) in [7, 11) is -3.25. The van der Waals surface area contributed by atoms with E-state index in [-0.39, 0.29) is 12.5 Å². The van der Waals surface area contributed by atoms with E-state index in [2.05, 4.69) is 21.2 Å². The van der Waals surface area contributed by atoms with Crippen LogP contribution < -0.4 is 11.1 Å². The number of carbonyl (C=O) groups excluding carboxylic acids is 1. The van der Waals surface area contributed by atoms with Crippen LogP contribution in [-0.4, -0.2) is 31.9 Å². The Morgan fingerprint density at radius 3 is 2.42 bits per heavy atom. The molecule has 3 N–H and O–H groups in total. The second-order valence-corrected chi connectivity index (χ2v) is 8.55. The van der Waals surface area contributed by atoms with Crippen LogP contribution in [0.1, 0.15) is 24.2 Å². The molecule has 1 amide bonds. The minimum absolute atomic E-state index is 0.0388. The second kappa shape index (κ2) is 5.50. The highest BCUT2D eigenvalue weighted by atomic mass is 79.9. The molecule has 0 aliphatic heterocycles. The maximum atomic E-state index is 11.9. The summed E-state index contributed by atoms with van der Waals surface area (Å²) in [5.41, 5.74) is 6.49. The number of sulfone groups is 1. The van der Waals surface area contributed by atoms with E-state index in [1.165, 1.54) is 6.07 Å². The van der Waals surface area contributed by atoms with Crippen molar-refractivity contribution in [3.63, 3.8) is 0 Å². The molecule has 0 unspecified atom stereocenters. The van der Waals surface area contributed by atoms with Crippen molar-refractivity contribution in [3.05, 3.63) is 28.2 Å². The molecule has 1 aromatic rings. The Morgan fingerprint density at radius 2 is 1.95 bits per heavy atom. The Kier molecular flexibility index (Phi) is 4.63. The molecule has 0 bridgehead atoms. The fraction of sp³-hybridized carbons (Fsp3) is 0.417. The first-order valence-electron chi connectivity index (χ1n) is 5.57. The zero-order valence-electron chi connectivity index (χ0n) is 11.0. The lowest BCUT2D eigenvalue weighted by Gasteiger charge is -2.22. The van der Waals surface area contributed by atoms with Gasteiger partial charge in [0.05, 0.1) is 4.75 Å². The highest BCUT2D eigenvalue weighted by Gasteiger charge is 2.30. The standard InChI is InChI=1S/C12H17BrN2O3S/c1-12(2,19(3,17)18)7-15-11(16)8-4-9(13)6-10(14)5-8/h4-6H,7,14H2,1-3H3,(H,15,16). The highest BCUT2D eigenvalue weighted by Crippen LogP contribution is 2.18. The van der Waals surface area contributed by atoms with E-state index in [4.69, 9.17) is 5.73 Å². The Morgan fingerprint density at radius 1 is 1.37 bits per heavy atom. The summed E-state index contributed by atoms with van der Waals surface area (Å²) < 4.78 is 22.7. The van der Waals surface area contributed by atoms with Crippen molar-refractivity contribution in [2.24, 2.45) is 0 Å². The minimum Gasteiger partial charge on any atom is -0.399 e. The van der Waals surface area contributed by atoms with Gasteiger partial charge in [0.2, 0.25) is 0 Å². The molecule has 0 fully saturated rings. The van der Waals surface area contributed by atoms with Crippen molar-refractivity contribution in [3.8, 4) is 0 Å². The predicted molar refractivity (Wildman–Crippen MR) is 79.8 cm³/mol. The third kappa shape index (κ3) is 4.21. The third-order valence-corrected chi connectivity index (χ3v) is 5.47. The van der Waals surface area contributed by atoms with Crippen LogP contribution in [-0.2, 0) is 9.84 Å². The van der Waals surface area contributed by atoms with Gasteiger partial charge < -0.3 is 11.1 Å². The number of nitrogen functional groups attached to an aromatic ring is 1. The van der Waals surface area contributed by atoms with E-state index >= 15 is 0 Å². The van der Waals surface area contributed by atoms with Crippen molar-refractivity contribution in [1.29, 1.82) is 0 Å². The predicted octanol–water partition coefficient (Wildman–Crippen LogP) is 1.58. The number of halogens is 1. The molecular formula is C12H17BrN2O3S. The number of hydrogen-bond acceptors (Lipinski definition) is 4. The van der Waals surface area contributed by atoms with Gasteiger partial charge in [0, 0.05) is 28.5 Å². The van der Waals surface area contributed by atoms with Gasteiger partial charge in [-0.15, -0.1) is 0 Å². The van der Waals surface area contributed by atoms with E-state index in [1.807, 2.05) is 0 Å². The number of rotatable bonds is 4. The molecule has 1 rings (SSSR count). The van der Waals surface area contributed by atoms with Gasteiger partial charge in [0.1, 0.15) is 0 Å². The second-order valence-electron chi connectivity index (χ2n) is 4.99. The van der Waals surface area contributed by atoms with E-state index in [9.17, 15) is 13.2 Å². The fourth-order valence-electron chi connectivity index (χ4n) is 1.27. The van der Waals surface area contributed by atoms with E-state index < -0.39 is 14.6 Å². The van der Waals surface area contributed by atoms with E-state index in [1.54, 1.807) is 26.0 Å². The summed E-state index contributed by atoms with van der Waals surface area (Å²) in [6.45, 7) is 3.17. The smallest absolute Gasteiger partial charge is 0.251 e. The van der Waals surface area contributed by atoms with E-state index in [0.29, 0.717) is 15.7 Å². The number of anilines is 1. The Balaban J connectivity index is 2.82. The molecule has 1 aromatic carbocycles. The molecule has 0 aromatic heterocycles. The van der Waals surface area contributed by atoms with E-state index in [0.717, 1.165) is 6.26 Å². The first kappa shape index (κ1) is 16.0. The van der Waals surface area contributed by atoms with Crippen LogP contribution in [0.15, 0.2) is 22.7 Å². The third-order valence-electron chi connectivity index (χ3n) is 2.86. The number of nitrogens with two attached hydrogens (primary N) is 1. The Labute approximate surface area is 121 Å². The van der Waals surface area contributed by atoms with Gasteiger partial charge in [-0.05, 0) is 32.0 Å². The van der Waals surface area contributed by atoms with Crippen molar-refractivity contribution in [2.75, 3.05) is 18.5 Å². The van der Waals surface area contributed by atoms with Crippen LogP contribution in [0.4, 0.5) is 5.69 Å². The Bertz CT molecular complexity index is 577. The summed E-state index contributed by atoms with van der Waals surface area (Å²) in [5, 5.41) is 2.61. The lowest BCUT2D eigenvalue weighted by atomic mass is 10.1. The van der Waals surface area contributed by atoms with Gasteiger partial charge in [-0.3, -0.25) is 4.79 Å². The van der Waals surface area contributed by atoms with Crippen molar-refractivity contribution >= 4 is 37.4 Å².